The molecule has 0 aliphatic carbocycles. The van der Waals surface area contributed by atoms with Crippen LogP contribution in [-0.4, -0.2) is 17.7 Å². The predicted octanol–water partition coefficient (Wildman–Crippen LogP) is 3.48. The van der Waals surface area contributed by atoms with E-state index in [1.807, 2.05) is 31.2 Å². The molecule has 1 amide bonds. The molecular weight excluding hydrogens is 323 g/mol. The van der Waals surface area contributed by atoms with Crippen LogP contribution >= 0.6 is 0 Å². The molecule has 0 unspecified atom stereocenters. The van der Waals surface area contributed by atoms with Crippen molar-refractivity contribution in [1.82, 2.24) is 10.5 Å². The highest BCUT2D eigenvalue weighted by Gasteiger charge is 2.09. The number of amides is 1. The SMILES string of the molecule is Cc1ccc(-c2cc(CNC(=O)COc3ccc(F)cc3)on2)cc1. The minimum absolute atomic E-state index is 0.162. The van der Waals surface area contributed by atoms with E-state index in [0.717, 1.165) is 5.56 Å². The number of aromatic nitrogens is 1. The molecule has 0 bridgehead atoms. The Bertz CT molecular complexity index is 842. The number of hydrogen-bond acceptors (Lipinski definition) is 4. The first-order valence-corrected chi connectivity index (χ1v) is 7.78. The smallest absolute Gasteiger partial charge is 0.258 e. The minimum atomic E-state index is -0.355. The summed E-state index contributed by atoms with van der Waals surface area (Å²) in [5.74, 6) is 0.313. The first-order chi connectivity index (χ1) is 12.1. The molecule has 0 saturated heterocycles. The van der Waals surface area contributed by atoms with Gasteiger partial charge < -0.3 is 14.6 Å². The molecule has 0 radical (unpaired) electrons. The Morgan fingerprint density at radius 1 is 1.16 bits per heavy atom. The van der Waals surface area contributed by atoms with Crippen molar-refractivity contribution in [3.05, 3.63) is 71.7 Å². The molecule has 5 nitrogen and oxygen atoms in total. The van der Waals surface area contributed by atoms with Gasteiger partial charge in [0.25, 0.3) is 5.91 Å². The van der Waals surface area contributed by atoms with Crippen molar-refractivity contribution in [2.45, 2.75) is 13.5 Å². The summed E-state index contributed by atoms with van der Waals surface area (Å²) in [6, 6.07) is 15.2. The first kappa shape index (κ1) is 16.7. The second-order valence-corrected chi connectivity index (χ2v) is 5.56. The lowest BCUT2D eigenvalue weighted by Crippen LogP contribution is -2.28. The molecule has 0 spiro atoms. The van der Waals surface area contributed by atoms with Crippen molar-refractivity contribution in [2.75, 3.05) is 6.61 Å². The van der Waals surface area contributed by atoms with Crippen LogP contribution in [0.4, 0.5) is 4.39 Å². The van der Waals surface area contributed by atoms with Gasteiger partial charge in [-0.1, -0.05) is 35.0 Å². The molecule has 1 aromatic heterocycles. The Labute approximate surface area is 144 Å². The lowest BCUT2D eigenvalue weighted by Gasteiger charge is -2.06. The first-order valence-electron chi connectivity index (χ1n) is 7.78. The van der Waals surface area contributed by atoms with Crippen molar-refractivity contribution >= 4 is 5.91 Å². The summed E-state index contributed by atoms with van der Waals surface area (Å²) in [7, 11) is 0. The predicted molar refractivity (Wildman–Crippen MR) is 90.4 cm³/mol. The van der Waals surface area contributed by atoms with Gasteiger partial charge in [-0.15, -0.1) is 0 Å². The van der Waals surface area contributed by atoms with Gasteiger partial charge in [-0.2, -0.15) is 0 Å². The number of ether oxygens (including phenoxy) is 1. The number of carbonyl (C=O) groups excluding carboxylic acids is 1. The maximum absolute atomic E-state index is 12.8. The zero-order valence-corrected chi connectivity index (χ0v) is 13.7. The third-order valence-electron chi connectivity index (χ3n) is 3.55. The van der Waals surface area contributed by atoms with E-state index in [4.69, 9.17) is 9.26 Å². The molecule has 2 aromatic carbocycles. The summed E-state index contributed by atoms with van der Waals surface area (Å²) in [6.45, 7) is 2.07. The van der Waals surface area contributed by atoms with Gasteiger partial charge in [0.15, 0.2) is 12.4 Å². The topological polar surface area (TPSA) is 64.4 Å². The van der Waals surface area contributed by atoms with Gasteiger partial charge in [0.2, 0.25) is 0 Å². The highest BCUT2D eigenvalue weighted by Crippen LogP contribution is 2.19. The minimum Gasteiger partial charge on any atom is -0.484 e. The van der Waals surface area contributed by atoms with Crippen molar-refractivity contribution < 1.29 is 18.4 Å². The number of nitrogens with one attached hydrogen (secondary N) is 1. The zero-order chi connectivity index (χ0) is 17.6. The van der Waals surface area contributed by atoms with Crippen LogP contribution < -0.4 is 10.1 Å². The lowest BCUT2D eigenvalue weighted by atomic mass is 10.1. The molecule has 0 atom stereocenters. The average molecular weight is 340 g/mol. The fraction of sp³-hybridized carbons (Fsp3) is 0.158. The van der Waals surface area contributed by atoms with Gasteiger partial charge in [0.05, 0.1) is 6.54 Å². The van der Waals surface area contributed by atoms with Crippen molar-refractivity contribution in [3.63, 3.8) is 0 Å². The fourth-order valence-corrected chi connectivity index (χ4v) is 2.17. The maximum Gasteiger partial charge on any atom is 0.258 e. The van der Waals surface area contributed by atoms with Crippen LogP contribution in [0.2, 0.25) is 0 Å². The van der Waals surface area contributed by atoms with E-state index < -0.39 is 0 Å². The normalized spacial score (nSPS) is 10.5. The Hall–Kier alpha value is -3.15. The van der Waals surface area contributed by atoms with Crippen molar-refractivity contribution in [2.24, 2.45) is 0 Å². The second kappa shape index (κ2) is 7.61. The molecule has 0 aliphatic rings. The number of halogens is 1. The molecule has 1 heterocycles. The number of carbonyl (C=O) groups is 1. The molecule has 6 heteroatoms. The summed E-state index contributed by atoms with van der Waals surface area (Å²) < 4.78 is 23.3. The summed E-state index contributed by atoms with van der Waals surface area (Å²) in [5, 5.41) is 6.69. The second-order valence-electron chi connectivity index (χ2n) is 5.56. The van der Waals surface area contributed by atoms with Crippen LogP contribution in [0.5, 0.6) is 5.75 Å². The van der Waals surface area contributed by atoms with Gasteiger partial charge in [0, 0.05) is 11.6 Å². The summed E-state index contributed by atoms with van der Waals surface area (Å²) in [4.78, 5) is 11.8. The molecule has 0 fully saturated rings. The van der Waals surface area contributed by atoms with Crippen molar-refractivity contribution in [1.29, 1.82) is 0 Å². The van der Waals surface area contributed by atoms with E-state index in [1.54, 1.807) is 6.07 Å². The zero-order valence-electron chi connectivity index (χ0n) is 13.7. The average Bonchev–Trinajstić information content (AvgIpc) is 3.09. The van der Waals surface area contributed by atoms with Gasteiger partial charge in [-0.25, -0.2) is 4.39 Å². The largest absolute Gasteiger partial charge is 0.484 e. The summed E-state index contributed by atoms with van der Waals surface area (Å²) in [6.07, 6.45) is 0. The summed E-state index contributed by atoms with van der Waals surface area (Å²) >= 11 is 0. The molecule has 0 aliphatic heterocycles. The lowest BCUT2D eigenvalue weighted by molar-refractivity contribution is -0.123. The Kier molecular flexibility index (Phi) is 5.09. The fourth-order valence-electron chi connectivity index (χ4n) is 2.17. The van der Waals surface area contributed by atoms with E-state index in [0.29, 0.717) is 17.2 Å². The maximum atomic E-state index is 12.8. The molecule has 25 heavy (non-hydrogen) atoms. The van der Waals surface area contributed by atoms with Crippen LogP contribution in [0.3, 0.4) is 0 Å². The highest BCUT2D eigenvalue weighted by atomic mass is 19.1. The summed E-state index contributed by atoms with van der Waals surface area (Å²) in [5.41, 5.74) is 2.83. The number of benzene rings is 2. The quantitative estimate of drug-likeness (QED) is 0.746. The van der Waals surface area contributed by atoms with E-state index in [9.17, 15) is 9.18 Å². The van der Waals surface area contributed by atoms with Gasteiger partial charge in [-0.05, 0) is 31.2 Å². The van der Waals surface area contributed by atoms with Crippen LogP contribution in [0.25, 0.3) is 11.3 Å². The molecule has 3 aromatic rings. The van der Waals surface area contributed by atoms with E-state index in [1.165, 1.54) is 29.8 Å². The van der Waals surface area contributed by atoms with E-state index in [2.05, 4.69) is 10.5 Å². The van der Waals surface area contributed by atoms with E-state index in [-0.39, 0.29) is 24.9 Å². The van der Waals surface area contributed by atoms with Crippen LogP contribution in [-0.2, 0) is 11.3 Å². The molecular formula is C19H17FN2O3. The number of hydrogen-bond donors (Lipinski definition) is 1. The Balaban J connectivity index is 1.49. The molecule has 0 saturated carbocycles. The standard InChI is InChI=1S/C19H17FN2O3/c1-13-2-4-14(5-3-13)18-10-17(25-22-18)11-21-19(23)12-24-16-8-6-15(20)7-9-16/h2-10H,11-12H2,1H3,(H,21,23). The van der Waals surface area contributed by atoms with Crippen LogP contribution in [0.15, 0.2) is 59.1 Å². The highest BCUT2D eigenvalue weighted by molar-refractivity contribution is 5.77. The molecule has 128 valence electrons. The van der Waals surface area contributed by atoms with E-state index >= 15 is 0 Å². The third-order valence-corrected chi connectivity index (χ3v) is 3.55. The number of aryl methyl sites for hydroxylation is 1. The molecule has 1 N–H and O–H groups in total. The Morgan fingerprint density at radius 3 is 2.60 bits per heavy atom. The Morgan fingerprint density at radius 2 is 1.88 bits per heavy atom. The third kappa shape index (κ3) is 4.67. The number of rotatable bonds is 6. The van der Waals surface area contributed by atoms with Gasteiger partial charge >= 0.3 is 0 Å². The van der Waals surface area contributed by atoms with Crippen LogP contribution in [0.1, 0.15) is 11.3 Å². The van der Waals surface area contributed by atoms with Crippen LogP contribution in [0, 0.1) is 12.7 Å². The monoisotopic (exact) mass is 340 g/mol. The molecule has 3 rings (SSSR count). The van der Waals surface area contributed by atoms with Gasteiger partial charge in [-0.3, -0.25) is 4.79 Å². The van der Waals surface area contributed by atoms with Gasteiger partial charge in [0.1, 0.15) is 17.3 Å². The number of nitrogens with zero attached hydrogens (tertiary/aromatic N) is 1. The van der Waals surface area contributed by atoms with Crippen molar-refractivity contribution in [3.8, 4) is 17.0 Å².